The van der Waals surface area contributed by atoms with Crippen molar-refractivity contribution in [3.05, 3.63) is 65.0 Å². The molecule has 1 amide bonds. The van der Waals surface area contributed by atoms with Gasteiger partial charge in [0.1, 0.15) is 11.6 Å². The van der Waals surface area contributed by atoms with Gasteiger partial charge in [0.25, 0.3) is 5.91 Å². The molecule has 0 spiro atoms. The highest BCUT2D eigenvalue weighted by atomic mass is 19.1. The summed E-state index contributed by atoms with van der Waals surface area (Å²) < 4.78 is 18.9. The van der Waals surface area contributed by atoms with Gasteiger partial charge in [0.15, 0.2) is 6.10 Å². The van der Waals surface area contributed by atoms with Gasteiger partial charge in [-0.05, 0) is 29.8 Å². The number of ether oxygens (including phenoxy) is 1. The third-order valence-corrected chi connectivity index (χ3v) is 3.29. The summed E-state index contributed by atoms with van der Waals surface area (Å²) >= 11 is 0. The molecule has 0 heterocycles. The van der Waals surface area contributed by atoms with Crippen LogP contribution in [0.1, 0.15) is 22.8 Å². The van der Waals surface area contributed by atoms with E-state index in [4.69, 9.17) is 10.00 Å². The first-order valence-electron chi connectivity index (χ1n) is 6.83. The van der Waals surface area contributed by atoms with Gasteiger partial charge in [-0.15, -0.1) is 0 Å². The lowest BCUT2D eigenvalue weighted by Crippen LogP contribution is -2.30. The van der Waals surface area contributed by atoms with E-state index in [0.717, 1.165) is 11.6 Å². The third kappa shape index (κ3) is 4.05. The SMILES string of the molecule is CO[C@H](C(=O)NCc1ccc(C#N)cc1)c1ccc(O)cc1F. The first-order valence-corrected chi connectivity index (χ1v) is 6.83. The summed E-state index contributed by atoms with van der Waals surface area (Å²) in [7, 11) is 1.30. The Balaban J connectivity index is 2.06. The lowest BCUT2D eigenvalue weighted by atomic mass is 10.1. The predicted molar refractivity (Wildman–Crippen MR) is 80.8 cm³/mol. The molecule has 0 aromatic heterocycles. The molecule has 6 heteroatoms. The number of amides is 1. The van der Waals surface area contributed by atoms with Gasteiger partial charge in [0.2, 0.25) is 0 Å². The summed E-state index contributed by atoms with van der Waals surface area (Å²) in [6, 6.07) is 12.3. The van der Waals surface area contributed by atoms with Crippen molar-refractivity contribution in [1.29, 1.82) is 5.26 Å². The van der Waals surface area contributed by atoms with E-state index in [1.807, 2.05) is 6.07 Å². The number of phenolic OH excluding ortho intramolecular Hbond substituents is 1. The summed E-state index contributed by atoms with van der Waals surface area (Å²) in [5, 5.41) is 20.6. The van der Waals surface area contributed by atoms with Gasteiger partial charge in [-0.1, -0.05) is 12.1 Å². The minimum Gasteiger partial charge on any atom is -0.508 e. The maximum atomic E-state index is 13.8. The van der Waals surface area contributed by atoms with Gasteiger partial charge < -0.3 is 15.2 Å². The molecule has 0 unspecified atom stereocenters. The van der Waals surface area contributed by atoms with Crippen molar-refractivity contribution in [3.8, 4) is 11.8 Å². The van der Waals surface area contributed by atoms with Crippen LogP contribution in [-0.4, -0.2) is 18.1 Å². The molecule has 0 aliphatic carbocycles. The van der Waals surface area contributed by atoms with E-state index in [-0.39, 0.29) is 17.9 Å². The number of methoxy groups -OCH3 is 1. The van der Waals surface area contributed by atoms with Crippen molar-refractivity contribution in [2.45, 2.75) is 12.6 Å². The Labute approximate surface area is 132 Å². The maximum Gasteiger partial charge on any atom is 0.254 e. The average molecular weight is 314 g/mol. The van der Waals surface area contributed by atoms with Gasteiger partial charge >= 0.3 is 0 Å². The van der Waals surface area contributed by atoms with Crippen LogP contribution < -0.4 is 5.32 Å². The van der Waals surface area contributed by atoms with Crippen LogP contribution in [0.4, 0.5) is 4.39 Å². The number of benzene rings is 2. The number of rotatable bonds is 5. The van der Waals surface area contributed by atoms with Crippen molar-refractivity contribution >= 4 is 5.91 Å². The van der Waals surface area contributed by atoms with Gasteiger partial charge in [-0.25, -0.2) is 4.39 Å². The molecule has 1 atom stereocenters. The number of nitrogens with one attached hydrogen (secondary N) is 1. The molecule has 0 radical (unpaired) electrons. The monoisotopic (exact) mass is 314 g/mol. The molecular weight excluding hydrogens is 299 g/mol. The second kappa shape index (κ2) is 7.38. The maximum absolute atomic E-state index is 13.8. The van der Waals surface area contributed by atoms with Gasteiger partial charge in [0.05, 0.1) is 11.6 Å². The number of nitrogens with zero attached hydrogens (tertiary/aromatic N) is 1. The summed E-state index contributed by atoms with van der Waals surface area (Å²) in [6.07, 6.45) is -1.12. The molecule has 23 heavy (non-hydrogen) atoms. The number of carbonyl (C=O) groups is 1. The average Bonchev–Trinajstić information content (AvgIpc) is 2.56. The van der Waals surface area contributed by atoms with Gasteiger partial charge in [-0.3, -0.25) is 4.79 Å². The molecule has 0 aliphatic heterocycles. The molecule has 0 bridgehead atoms. The van der Waals surface area contributed by atoms with Crippen molar-refractivity contribution in [1.82, 2.24) is 5.32 Å². The molecular formula is C17H15FN2O3. The fourth-order valence-electron chi connectivity index (χ4n) is 2.08. The largest absolute Gasteiger partial charge is 0.508 e. The second-order valence-corrected chi connectivity index (χ2v) is 4.85. The van der Waals surface area contributed by atoms with Gasteiger partial charge in [0, 0.05) is 25.3 Å². The number of carbonyl (C=O) groups excluding carboxylic acids is 1. The van der Waals surface area contributed by atoms with Crippen LogP contribution in [0, 0.1) is 17.1 Å². The number of halogens is 1. The van der Waals surface area contributed by atoms with Crippen LogP contribution in [0.25, 0.3) is 0 Å². The molecule has 2 aromatic carbocycles. The molecule has 5 nitrogen and oxygen atoms in total. The molecule has 2 aromatic rings. The number of nitriles is 1. The molecule has 0 aliphatic rings. The zero-order chi connectivity index (χ0) is 16.8. The first-order chi connectivity index (χ1) is 11.0. The Morgan fingerprint density at radius 2 is 2.04 bits per heavy atom. The molecule has 2 N–H and O–H groups in total. The van der Waals surface area contributed by atoms with E-state index in [2.05, 4.69) is 5.32 Å². The molecule has 118 valence electrons. The first kappa shape index (κ1) is 16.5. The van der Waals surface area contributed by atoms with Crippen LogP contribution >= 0.6 is 0 Å². The Bertz CT molecular complexity index is 738. The van der Waals surface area contributed by atoms with Crippen LogP contribution in [0.15, 0.2) is 42.5 Å². The van der Waals surface area contributed by atoms with E-state index in [9.17, 15) is 14.3 Å². The fraction of sp³-hybridized carbons (Fsp3) is 0.176. The van der Waals surface area contributed by atoms with E-state index >= 15 is 0 Å². The predicted octanol–water partition coefficient (Wildman–Crippen LogP) is 2.41. The fourth-order valence-corrected chi connectivity index (χ4v) is 2.08. The van der Waals surface area contributed by atoms with E-state index in [1.165, 1.54) is 19.2 Å². The van der Waals surface area contributed by atoms with Crippen molar-refractivity contribution in [2.24, 2.45) is 0 Å². The zero-order valence-corrected chi connectivity index (χ0v) is 12.4. The molecule has 0 saturated carbocycles. The van der Waals surface area contributed by atoms with E-state index < -0.39 is 17.8 Å². The zero-order valence-electron chi connectivity index (χ0n) is 12.4. The van der Waals surface area contributed by atoms with E-state index in [0.29, 0.717) is 5.56 Å². The summed E-state index contributed by atoms with van der Waals surface area (Å²) in [6.45, 7) is 0.226. The Kier molecular flexibility index (Phi) is 5.28. The minimum absolute atomic E-state index is 0.0441. The van der Waals surface area contributed by atoms with Crippen molar-refractivity contribution in [2.75, 3.05) is 7.11 Å². The lowest BCUT2D eigenvalue weighted by molar-refractivity contribution is -0.131. The van der Waals surface area contributed by atoms with Crippen LogP contribution in [0.5, 0.6) is 5.75 Å². The molecule has 0 fully saturated rings. The van der Waals surface area contributed by atoms with Crippen LogP contribution in [0.3, 0.4) is 0 Å². The second-order valence-electron chi connectivity index (χ2n) is 4.85. The van der Waals surface area contributed by atoms with Crippen molar-refractivity contribution in [3.63, 3.8) is 0 Å². The lowest BCUT2D eigenvalue weighted by Gasteiger charge is -2.16. The Morgan fingerprint density at radius 1 is 1.35 bits per heavy atom. The highest BCUT2D eigenvalue weighted by molar-refractivity contribution is 5.82. The number of hydrogen-bond acceptors (Lipinski definition) is 4. The normalized spacial score (nSPS) is 11.5. The standard InChI is InChI=1S/C17H15FN2O3/c1-23-16(14-7-6-13(21)8-15(14)18)17(22)20-10-12-4-2-11(9-19)3-5-12/h2-8,16,21H,10H2,1H3,(H,20,22)/t16-/m0/s1. The summed E-state index contributed by atoms with van der Waals surface area (Å²) in [5.41, 5.74) is 1.38. The quantitative estimate of drug-likeness (QED) is 0.888. The number of phenols is 1. The van der Waals surface area contributed by atoms with Crippen LogP contribution in [0.2, 0.25) is 0 Å². The topological polar surface area (TPSA) is 82.3 Å². The smallest absolute Gasteiger partial charge is 0.254 e. The highest BCUT2D eigenvalue weighted by Crippen LogP contribution is 2.23. The van der Waals surface area contributed by atoms with Crippen molar-refractivity contribution < 1.29 is 19.0 Å². The Hall–Kier alpha value is -2.91. The van der Waals surface area contributed by atoms with E-state index in [1.54, 1.807) is 24.3 Å². The number of aromatic hydroxyl groups is 1. The highest BCUT2D eigenvalue weighted by Gasteiger charge is 2.23. The Morgan fingerprint density at radius 3 is 2.61 bits per heavy atom. The molecule has 0 saturated heterocycles. The molecule has 2 rings (SSSR count). The summed E-state index contributed by atoms with van der Waals surface area (Å²) in [4.78, 5) is 12.2. The third-order valence-electron chi connectivity index (χ3n) is 3.29. The summed E-state index contributed by atoms with van der Waals surface area (Å²) in [5.74, 6) is -1.44. The van der Waals surface area contributed by atoms with Crippen LogP contribution in [-0.2, 0) is 16.1 Å². The number of hydrogen-bond donors (Lipinski definition) is 2. The van der Waals surface area contributed by atoms with Gasteiger partial charge in [-0.2, -0.15) is 5.26 Å². The minimum atomic E-state index is -1.12.